The van der Waals surface area contributed by atoms with E-state index in [1.54, 1.807) is 4.52 Å². The standard InChI is InChI=1S/C22H20N6OS/c1-13(2)15-8-10-16(11-9-15)20-25-19(29-27-20)12-30-22-24-18-7-5-4-6-17(18)21-23-14(3)26-28(21)22/h4-11,13H,12H2,1-3H3. The zero-order valence-corrected chi connectivity index (χ0v) is 17.7. The van der Waals surface area contributed by atoms with Crippen LogP contribution in [0, 0.1) is 6.92 Å². The highest BCUT2D eigenvalue weighted by Crippen LogP contribution is 2.27. The monoisotopic (exact) mass is 416 g/mol. The van der Waals surface area contributed by atoms with Crippen LogP contribution >= 0.6 is 11.8 Å². The van der Waals surface area contributed by atoms with Gasteiger partial charge in [-0.05, 0) is 30.5 Å². The fourth-order valence-electron chi connectivity index (χ4n) is 3.30. The lowest BCUT2D eigenvalue weighted by Gasteiger charge is -2.05. The van der Waals surface area contributed by atoms with Gasteiger partial charge in [-0.15, -0.1) is 5.10 Å². The molecule has 0 amide bonds. The normalized spacial score (nSPS) is 11.7. The van der Waals surface area contributed by atoms with Crippen LogP contribution in [0.1, 0.15) is 37.0 Å². The van der Waals surface area contributed by atoms with E-state index in [-0.39, 0.29) is 0 Å². The summed E-state index contributed by atoms with van der Waals surface area (Å²) in [5.41, 5.74) is 3.92. The topological polar surface area (TPSA) is 82.0 Å². The van der Waals surface area contributed by atoms with Gasteiger partial charge in [0.2, 0.25) is 11.7 Å². The molecule has 0 unspecified atom stereocenters. The number of benzene rings is 2. The maximum absolute atomic E-state index is 5.47. The van der Waals surface area contributed by atoms with Crippen LogP contribution in [0.5, 0.6) is 0 Å². The first-order valence-electron chi connectivity index (χ1n) is 9.76. The number of nitrogens with zero attached hydrogens (tertiary/aromatic N) is 6. The molecule has 2 aromatic carbocycles. The van der Waals surface area contributed by atoms with Gasteiger partial charge in [-0.1, -0.05) is 67.2 Å². The van der Waals surface area contributed by atoms with E-state index in [9.17, 15) is 0 Å². The van der Waals surface area contributed by atoms with Crippen molar-refractivity contribution in [3.63, 3.8) is 0 Å². The van der Waals surface area contributed by atoms with Crippen LogP contribution in [-0.4, -0.2) is 29.7 Å². The van der Waals surface area contributed by atoms with Crippen LogP contribution in [0.3, 0.4) is 0 Å². The lowest BCUT2D eigenvalue weighted by Crippen LogP contribution is -1.98. The highest BCUT2D eigenvalue weighted by molar-refractivity contribution is 7.98. The Bertz CT molecular complexity index is 1340. The third kappa shape index (κ3) is 3.43. The Labute approximate surface area is 177 Å². The van der Waals surface area contributed by atoms with E-state index in [1.165, 1.54) is 17.3 Å². The third-order valence-electron chi connectivity index (χ3n) is 4.88. The second-order valence-corrected chi connectivity index (χ2v) is 8.33. The molecule has 150 valence electrons. The van der Waals surface area contributed by atoms with Crippen LogP contribution in [0.25, 0.3) is 27.9 Å². The van der Waals surface area contributed by atoms with E-state index in [0.29, 0.717) is 29.2 Å². The molecule has 0 aliphatic heterocycles. The second kappa shape index (κ2) is 7.53. The van der Waals surface area contributed by atoms with Gasteiger partial charge in [-0.2, -0.15) is 9.50 Å². The number of aryl methyl sites for hydroxylation is 1. The van der Waals surface area contributed by atoms with E-state index >= 15 is 0 Å². The molecule has 0 N–H and O–H groups in total. The molecule has 0 fully saturated rings. The average molecular weight is 417 g/mol. The Morgan fingerprint density at radius 2 is 1.80 bits per heavy atom. The predicted molar refractivity (Wildman–Crippen MR) is 116 cm³/mol. The molecule has 0 bridgehead atoms. The van der Waals surface area contributed by atoms with Crippen molar-refractivity contribution in [1.29, 1.82) is 0 Å². The molecule has 3 aromatic heterocycles. The van der Waals surface area contributed by atoms with Gasteiger partial charge in [0.1, 0.15) is 5.82 Å². The first-order chi connectivity index (χ1) is 14.6. The molecule has 0 saturated heterocycles. The van der Waals surface area contributed by atoms with Crippen LogP contribution in [0.15, 0.2) is 58.2 Å². The van der Waals surface area contributed by atoms with Gasteiger partial charge in [-0.25, -0.2) is 9.97 Å². The van der Waals surface area contributed by atoms with E-state index in [2.05, 4.69) is 46.2 Å². The van der Waals surface area contributed by atoms with Gasteiger partial charge < -0.3 is 4.52 Å². The van der Waals surface area contributed by atoms with Gasteiger partial charge in [0, 0.05) is 10.9 Å². The van der Waals surface area contributed by atoms with Crippen LogP contribution in [0.4, 0.5) is 0 Å². The Morgan fingerprint density at radius 3 is 2.60 bits per heavy atom. The van der Waals surface area contributed by atoms with E-state index in [0.717, 1.165) is 27.3 Å². The summed E-state index contributed by atoms with van der Waals surface area (Å²) < 4.78 is 7.25. The van der Waals surface area contributed by atoms with Crippen molar-refractivity contribution >= 4 is 28.3 Å². The summed E-state index contributed by atoms with van der Waals surface area (Å²) in [6, 6.07) is 16.2. The number of hydrogen-bond acceptors (Lipinski definition) is 7. The van der Waals surface area contributed by atoms with Gasteiger partial charge in [-0.3, -0.25) is 0 Å². The Morgan fingerprint density at radius 1 is 1.00 bits per heavy atom. The first-order valence-corrected chi connectivity index (χ1v) is 10.7. The summed E-state index contributed by atoms with van der Waals surface area (Å²) in [6.07, 6.45) is 0. The van der Waals surface area contributed by atoms with Crippen molar-refractivity contribution in [2.24, 2.45) is 0 Å². The molecular weight excluding hydrogens is 396 g/mol. The summed E-state index contributed by atoms with van der Waals surface area (Å²) in [5, 5.41) is 10.4. The molecule has 0 spiro atoms. The Balaban J connectivity index is 1.41. The number of thioether (sulfide) groups is 1. The average Bonchev–Trinajstić information content (AvgIpc) is 3.38. The van der Waals surface area contributed by atoms with Crippen molar-refractivity contribution < 1.29 is 4.52 Å². The smallest absolute Gasteiger partial charge is 0.237 e. The van der Waals surface area contributed by atoms with Crippen molar-refractivity contribution in [3.05, 3.63) is 65.8 Å². The number of aromatic nitrogens is 6. The molecule has 3 heterocycles. The molecule has 7 nitrogen and oxygen atoms in total. The third-order valence-corrected chi connectivity index (χ3v) is 5.80. The van der Waals surface area contributed by atoms with E-state index in [1.807, 2.05) is 43.3 Å². The minimum atomic E-state index is 0.489. The van der Waals surface area contributed by atoms with Crippen molar-refractivity contribution in [1.82, 2.24) is 29.7 Å². The maximum atomic E-state index is 5.47. The van der Waals surface area contributed by atoms with Gasteiger partial charge in [0.15, 0.2) is 10.8 Å². The lowest BCUT2D eigenvalue weighted by atomic mass is 10.0. The molecule has 8 heteroatoms. The number of hydrogen-bond donors (Lipinski definition) is 0. The van der Waals surface area contributed by atoms with Crippen LogP contribution in [0.2, 0.25) is 0 Å². The summed E-state index contributed by atoms with van der Waals surface area (Å²) in [4.78, 5) is 13.9. The number of fused-ring (bicyclic) bond motifs is 3. The zero-order valence-electron chi connectivity index (χ0n) is 16.9. The van der Waals surface area contributed by atoms with Crippen molar-refractivity contribution in [2.45, 2.75) is 37.6 Å². The van der Waals surface area contributed by atoms with Crippen molar-refractivity contribution in [3.8, 4) is 11.4 Å². The highest BCUT2D eigenvalue weighted by Gasteiger charge is 2.15. The fourth-order valence-corrected chi connectivity index (χ4v) is 4.08. The summed E-state index contributed by atoms with van der Waals surface area (Å²) >= 11 is 1.50. The molecular formula is C22H20N6OS. The highest BCUT2D eigenvalue weighted by atomic mass is 32.2. The molecule has 0 aliphatic rings. The quantitative estimate of drug-likeness (QED) is 0.293. The summed E-state index contributed by atoms with van der Waals surface area (Å²) in [7, 11) is 0. The summed E-state index contributed by atoms with van der Waals surface area (Å²) in [5.74, 6) is 2.83. The zero-order chi connectivity index (χ0) is 20.7. The molecule has 30 heavy (non-hydrogen) atoms. The van der Waals surface area contributed by atoms with Crippen LogP contribution < -0.4 is 0 Å². The minimum absolute atomic E-state index is 0.489. The molecule has 0 atom stereocenters. The van der Waals surface area contributed by atoms with Crippen LogP contribution in [-0.2, 0) is 5.75 Å². The first kappa shape index (κ1) is 18.7. The molecule has 0 radical (unpaired) electrons. The molecule has 5 aromatic rings. The largest absolute Gasteiger partial charge is 0.338 e. The fraction of sp³-hybridized carbons (Fsp3) is 0.227. The van der Waals surface area contributed by atoms with Gasteiger partial charge in [0.25, 0.3) is 0 Å². The summed E-state index contributed by atoms with van der Waals surface area (Å²) in [6.45, 7) is 6.23. The Hall–Kier alpha value is -3.26. The number of para-hydroxylation sites is 1. The second-order valence-electron chi connectivity index (χ2n) is 7.38. The maximum Gasteiger partial charge on any atom is 0.237 e. The van der Waals surface area contributed by atoms with E-state index in [4.69, 9.17) is 9.51 Å². The van der Waals surface area contributed by atoms with Crippen molar-refractivity contribution in [2.75, 3.05) is 0 Å². The lowest BCUT2D eigenvalue weighted by molar-refractivity contribution is 0.391. The van der Waals surface area contributed by atoms with Gasteiger partial charge >= 0.3 is 0 Å². The Kier molecular flexibility index (Phi) is 4.71. The predicted octanol–water partition coefficient (Wildman–Crippen LogP) is 5.05. The molecule has 5 rings (SSSR count). The molecule has 0 aliphatic carbocycles. The van der Waals surface area contributed by atoms with E-state index < -0.39 is 0 Å². The van der Waals surface area contributed by atoms with Gasteiger partial charge in [0.05, 0.1) is 11.3 Å². The SMILES string of the molecule is Cc1nc2c3ccccc3nc(SCc3nc(-c4ccc(C(C)C)cc4)no3)n2n1. The molecule has 0 saturated carbocycles. The minimum Gasteiger partial charge on any atom is -0.338 e. The number of rotatable bonds is 5.